The zero-order valence-corrected chi connectivity index (χ0v) is 23.1. The van der Waals surface area contributed by atoms with Crippen molar-refractivity contribution < 1.29 is 13.2 Å². The van der Waals surface area contributed by atoms with Gasteiger partial charge in [0.2, 0.25) is 15.9 Å². The molecule has 7 heteroatoms. The lowest BCUT2D eigenvalue weighted by Gasteiger charge is -2.27. The summed E-state index contributed by atoms with van der Waals surface area (Å²) in [5, 5.41) is 1.12. The highest BCUT2D eigenvalue weighted by atomic mass is 32.2. The smallest absolute Gasteiger partial charge is 0.243 e. The van der Waals surface area contributed by atoms with Gasteiger partial charge in [-0.1, -0.05) is 57.2 Å². The highest BCUT2D eigenvalue weighted by Gasteiger charge is 2.29. The molecule has 0 aliphatic carbocycles. The van der Waals surface area contributed by atoms with E-state index in [-0.39, 0.29) is 11.3 Å². The van der Waals surface area contributed by atoms with Crippen LogP contribution in [0.1, 0.15) is 56.9 Å². The van der Waals surface area contributed by atoms with Gasteiger partial charge in [0.1, 0.15) is 6.54 Å². The summed E-state index contributed by atoms with van der Waals surface area (Å²) in [6, 6.07) is 15.5. The van der Waals surface area contributed by atoms with Crippen LogP contribution < -0.4 is 0 Å². The number of para-hydroxylation sites is 1. The summed E-state index contributed by atoms with van der Waals surface area (Å²) in [6.07, 6.45) is 4.84. The number of hydrogen-bond acceptors (Lipinski definition) is 3. The van der Waals surface area contributed by atoms with Gasteiger partial charge in [-0.3, -0.25) is 4.79 Å². The molecule has 5 rings (SSSR count). The number of rotatable bonds is 5. The fourth-order valence-corrected chi connectivity index (χ4v) is 6.99. The van der Waals surface area contributed by atoms with Crippen LogP contribution in [0.5, 0.6) is 0 Å². The van der Waals surface area contributed by atoms with Gasteiger partial charge in [0.25, 0.3) is 0 Å². The number of likely N-dealkylation sites (tertiary alicyclic amines) is 1. The monoisotopic (exact) mass is 519 g/mol. The number of amides is 1. The quantitative estimate of drug-likeness (QED) is 0.457. The maximum atomic E-state index is 13.4. The average Bonchev–Trinajstić information content (AvgIpc) is 3.51. The Hall–Kier alpha value is -2.90. The first kappa shape index (κ1) is 25.7. The highest BCUT2D eigenvalue weighted by molar-refractivity contribution is 7.89. The number of benzene rings is 2. The van der Waals surface area contributed by atoms with Crippen LogP contribution >= 0.6 is 0 Å². The first-order chi connectivity index (χ1) is 17.6. The minimum atomic E-state index is -3.57. The SMILES string of the molecule is Cc1c(C2=CCN(S(=O)(=O)c3ccc(C(C)(C)C)cc3)CC2)c2ccccc2n1CC(=O)N1CCCC1. The molecule has 0 radical (unpaired) electrons. The Kier molecular flexibility index (Phi) is 6.79. The zero-order chi connectivity index (χ0) is 26.4. The summed E-state index contributed by atoms with van der Waals surface area (Å²) >= 11 is 0. The molecule has 1 amide bonds. The van der Waals surface area contributed by atoms with Crippen LogP contribution in [0, 0.1) is 6.92 Å². The first-order valence-corrected chi connectivity index (χ1v) is 14.7. The molecule has 1 aromatic heterocycles. The molecule has 1 saturated heterocycles. The third kappa shape index (κ3) is 4.87. The predicted molar refractivity (Wildman–Crippen MR) is 149 cm³/mol. The Bertz CT molecular complexity index is 1450. The summed E-state index contributed by atoms with van der Waals surface area (Å²) in [4.78, 5) is 15.3. The Balaban J connectivity index is 1.41. The van der Waals surface area contributed by atoms with Crippen LogP contribution in [0.2, 0.25) is 0 Å². The summed E-state index contributed by atoms with van der Waals surface area (Å²) in [5.41, 5.74) is 5.49. The van der Waals surface area contributed by atoms with Gasteiger partial charge in [0.15, 0.2) is 0 Å². The van der Waals surface area contributed by atoms with Gasteiger partial charge in [-0.2, -0.15) is 4.31 Å². The lowest BCUT2D eigenvalue weighted by atomic mass is 9.87. The Labute approximate surface area is 220 Å². The molecule has 3 heterocycles. The molecule has 37 heavy (non-hydrogen) atoms. The third-order valence-corrected chi connectivity index (χ3v) is 9.71. The van der Waals surface area contributed by atoms with Gasteiger partial charge in [0, 0.05) is 48.3 Å². The number of nitrogens with zero attached hydrogens (tertiary/aromatic N) is 3. The van der Waals surface area contributed by atoms with Crippen molar-refractivity contribution in [2.45, 2.75) is 63.8 Å². The van der Waals surface area contributed by atoms with E-state index in [0.29, 0.717) is 31.0 Å². The molecule has 3 aromatic rings. The van der Waals surface area contributed by atoms with Crippen LogP contribution in [-0.4, -0.2) is 54.3 Å². The Morgan fingerprint density at radius 2 is 1.62 bits per heavy atom. The summed E-state index contributed by atoms with van der Waals surface area (Å²) < 4.78 is 30.4. The van der Waals surface area contributed by atoms with Gasteiger partial charge in [-0.05, 0) is 60.9 Å². The average molecular weight is 520 g/mol. The molecular weight excluding hydrogens is 482 g/mol. The maximum Gasteiger partial charge on any atom is 0.243 e. The standard InChI is InChI=1S/C30H37N3O3S/c1-22-29(26-9-5-6-10-27(26)33(22)21-28(34)31-17-7-8-18-31)23-15-19-32(20-16-23)37(35,36)25-13-11-24(12-14-25)30(2,3)4/h5-6,9-15H,7-8,16-21H2,1-4H3. The molecular formula is C30H37N3O3S. The molecule has 2 aliphatic rings. The van der Waals surface area contributed by atoms with Gasteiger partial charge in [0.05, 0.1) is 4.90 Å². The van der Waals surface area contributed by atoms with Gasteiger partial charge >= 0.3 is 0 Å². The first-order valence-electron chi connectivity index (χ1n) is 13.2. The van der Waals surface area contributed by atoms with E-state index in [1.165, 1.54) is 0 Å². The summed E-state index contributed by atoms with van der Waals surface area (Å²) in [5.74, 6) is 0.167. The van der Waals surface area contributed by atoms with E-state index in [1.807, 2.05) is 35.2 Å². The van der Waals surface area contributed by atoms with Crippen molar-refractivity contribution in [3.63, 3.8) is 0 Å². The minimum Gasteiger partial charge on any atom is -0.341 e. The minimum absolute atomic E-state index is 0.0266. The van der Waals surface area contributed by atoms with E-state index >= 15 is 0 Å². The fraction of sp³-hybridized carbons (Fsp3) is 0.433. The van der Waals surface area contributed by atoms with Crippen molar-refractivity contribution in [1.82, 2.24) is 13.8 Å². The van der Waals surface area contributed by atoms with Crippen molar-refractivity contribution >= 4 is 32.4 Å². The van der Waals surface area contributed by atoms with E-state index < -0.39 is 10.0 Å². The van der Waals surface area contributed by atoms with Crippen LogP contribution in [0.15, 0.2) is 59.5 Å². The number of carbonyl (C=O) groups excluding carboxylic acids is 1. The van der Waals surface area contributed by atoms with Gasteiger partial charge in [-0.25, -0.2) is 8.42 Å². The molecule has 0 N–H and O–H groups in total. The molecule has 0 unspecified atom stereocenters. The van der Waals surface area contributed by atoms with E-state index in [0.717, 1.165) is 59.2 Å². The van der Waals surface area contributed by atoms with E-state index in [9.17, 15) is 13.2 Å². The lowest BCUT2D eigenvalue weighted by Crippen LogP contribution is -2.34. The van der Waals surface area contributed by atoms with E-state index in [2.05, 4.69) is 44.4 Å². The van der Waals surface area contributed by atoms with Crippen molar-refractivity contribution in [2.24, 2.45) is 0 Å². The molecule has 0 bridgehead atoms. The van der Waals surface area contributed by atoms with Crippen molar-refractivity contribution in [1.29, 1.82) is 0 Å². The second-order valence-electron chi connectivity index (χ2n) is 11.3. The molecule has 0 saturated carbocycles. The lowest BCUT2D eigenvalue weighted by molar-refractivity contribution is -0.130. The topological polar surface area (TPSA) is 62.6 Å². The van der Waals surface area contributed by atoms with Crippen molar-refractivity contribution in [2.75, 3.05) is 26.2 Å². The van der Waals surface area contributed by atoms with Crippen LogP contribution in [0.4, 0.5) is 0 Å². The largest absolute Gasteiger partial charge is 0.341 e. The van der Waals surface area contributed by atoms with Gasteiger partial charge < -0.3 is 9.47 Å². The van der Waals surface area contributed by atoms with Crippen molar-refractivity contribution in [3.05, 3.63) is 71.4 Å². The molecule has 0 atom stereocenters. The summed E-state index contributed by atoms with van der Waals surface area (Å²) in [7, 11) is -3.57. The Morgan fingerprint density at radius 1 is 0.946 bits per heavy atom. The molecule has 0 spiro atoms. The van der Waals surface area contributed by atoms with E-state index in [1.54, 1.807) is 16.4 Å². The number of sulfonamides is 1. The predicted octanol–water partition coefficient (Wildman–Crippen LogP) is 5.35. The second-order valence-corrected chi connectivity index (χ2v) is 13.2. The number of hydrogen-bond donors (Lipinski definition) is 0. The van der Waals surface area contributed by atoms with E-state index in [4.69, 9.17) is 0 Å². The highest BCUT2D eigenvalue weighted by Crippen LogP contribution is 2.35. The molecule has 6 nitrogen and oxygen atoms in total. The molecule has 2 aromatic carbocycles. The second kappa shape index (κ2) is 9.76. The van der Waals surface area contributed by atoms with Crippen LogP contribution in [0.25, 0.3) is 16.5 Å². The molecule has 196 valence electrons. The van der Waals surface area contributed by atoms with Crippen LogP contribution in [0.3, 0.4) is 0 Å². The maximum absolute atomic E-state index is 13.4. The third-order valence-electron chi connectivity index (χ3n) is 7.83. The number of aromatic nitrogens is 1. The number of fused-ring (bicyclic) bond motifs is 1. The molecule has 2 aliphatic heterocycles. The molecule has 1 fully saturated rings. The fourth-order valence-electron chi connectivity index (χ4n) is 5.61. The summed E-state index contributed by atoms with van der Waals surface area (Å²) in [6.45, 7) is 11.2. The Morgan fingerprint density at radius 3 is 2.24 bits per heavy atom. The van der Waals surface area contributed by atoms with Crippen LogP contribution in [-0.2, 0) is 26.8 Å². The van der Waals surface area contributed by atoms with Crippen molar-refractivity contribution in [3.8, 4) is 0 Å². The zero-order valence-electron chi connectivity index (χ0n) is 22.3. The normalized spacial score (nSPS) is 17.4. The van der Waals surface area contributed by atoms with Gasteiger partial charge in [-0.15, -0.1) is 0 Å². The number of carbonyl (C=O) groups is 1.